The van der Waals surface area contributed by atoms with Gasteiger partial charge in [0.1, 0.15) is 0 Å². The highest BCUT2D eigenvalue weighted by molar-refractivity contribution is 5.80. The Kier molecular flexibility index (Phi) is 22.8. The molecule has 0 fully saturated rings. The summed E-state index contributed by atoms with van der Waals surface area (Å²) < 4.78 is 11.9. The number of benzene rings is 10. The minimum Gasteiger partial charge on any atom is -0.396 e. The summed E-state index contributed by atoms with van der Waals surface area (Å²) >= 11 is 0. The molecule has 0 spiro atoms. The number of rotatable bonds is 28. The Morgan fingerprint density at radius 3 is 0.810 bits per heavy atom. The maximum atomic E-state index is 9.13. The van der Waals surface area contributed by atoms with E-state index in [-0.39, 0.29) is 13.2 Å². The Balaban J connectivity index is 0.000000221. The highest BCUT2D eigenvalue weighted by Crippen LogP contribution is 2.38. The van der Waals surface area contributed by atoms with Crippen molar-refractivity contribution in [1.29, 1.82) is 0 Å². The average molecular weight is 1110 g/mol. The molecule has 10 aromatic rings. The van der Waals surface area contributed by atoms with Crippen LogP contribution >= 0.6 is 0 Å². The van der Waals surface area contributed by atoms with Crippen LogP contribution in [0.15, 0.2) is 268 Å². The number of hydrogen-bond acceptors (Lipinski definition) is 6. The number of aliphatic hydroxyl groups is 2. The summed E-state index contributed by atoms with van der Waals surface area (Å²) in [5, 5.41) is 18.3. The van der Waals surface area contributed by atoms with Crippen LogP contribution in [0.3, 0.4) is 0 Å². The lowest BCUT2D eigenvalue weighted by molar-refractivity contribution is 0.118. The van der Waals surface area contributed by atoms with Crippen LogP contribution < -0.4 is 9.80 Å². The molecular weight excluding hydrogens is 1030 g/mol. The van der Waals surface area contributed by atoms with Gasteiger partial charge in [-0.25, -0.2) is 0 Å². The standard InChI is InChI=1S/C48H47NO2.C30H31NO2/c1-3-38-14-18-42(19-15-38)36-50-34-8-10-40-22-28-46(29-23-40)49(48-32-26-45(27-33-48)44-12-6-5-7-13-44)47-30-24-41(25-31-47)11-9-35-51-37-43-20-16-39(4-2)17-21-43;32-22-4-6-24-10-16-28(17-11-24)31(29-18-12-25(13-19-29)7-5-23-33)30-20-14-27(15-21-30)26-8-2-1-3-9-26/h3-7,12-33H,1-2,8-11,34-37H2;1-3,8-21,32-33H,4-7,22-23H2. The van der Waals surface area contributed by atoms with Crippen LogP contribution in [0.5, 0.6) is 0 Å². The zero-order valence-electron chi connectivity index (χ0n) is 48.3. The van der Waals surface area contributed by atoms with E-state index in [1.54, 1.807) is 0 Å². The summed E-state index contributed by atoms with van der Waals surface area (Å²) in [6, 6.07) is 90.3. The lowest BCUT2D eigenvalue weighted by atomic mass is 10.0. The molecule has 0 saturated carbocycles. The van der Waals surface area contributed by atoms with Gasteiger partial charge in [-0.05, 0) is 191 Å². The Labute approximate surface area is 498 Å². The van der Waals surface area contributed by atoms with Gasteiger partial charge in [-0.1, -0.05) is 207 Å². The molecule has 10 rings (SSSR count). The third kappa shape index (κ3) is 17.6. The summed E-state index contributed by atoms with van der Waals surface area (Å²) in [5.41, 5.74) is 21.2. The molecule has 424 valence electrons. The van der Waals surface area contributed by atoms with Crippen LogP contribution in [-0.4, -0.2) is 36.6 Å². The van der Waals surface area contributed by atoms with Gasteiger partial charge < -0.3 is 29.5 Å². The Morgan fingerprint density at radius 2 is 0.536 bits per heavy atom. The minimum atomic E-state index is 0.213. The van der Waals surface area contributed by atoms with Crippen molar-refractivity contribution in [3.8, 4) is 22.3 Å². The third-order valence-corrected chi connectivity index (χ3v) is 15.0. The van der Waals surface area contributed by atoms with Gasteiger partial charge in [0.25, 0.3) is 0 Å². The van der Waals surface area contributed by atoms with E-state index in [1.807, 2.05) is 18.2 Å². The maximum absolute atomic E-state index is 9.13. The lowest BCUT2D eigenvalue weighted by Gasteiger charge is -2.26. The van der Waals surface area contributed by atoms with Crippen molar-refractivity contribution in [2.24, 2.45) is 0 Å². The van der Waals surface area contributed by atoms with Gasteiger partial charge in [0, 0.05) is 60.6 Å². The van der Waals surface area contributed by atoms with E-state index in [9.17, 15) is 0 Å². The minimum absolute atomic E-state index is 0.213. The van der Waals surface area contributed by atoms with Gasteiger partial charge in [0.15, 0.2) is 0 Å². The van der Waals surface area contributed by atoms with E-state index >= 15 is 0 Å². The predicted molar refractivity (Wildman–Crippen MR) is 353 cm³/mol. The van der Waals surface area contributed by atoms with Crippen LogP contribution in [0.1, 0.15) is 70.2 Å². The topological polar surface area (TPSA) is 65.4 Å². The molecule has 0 unspecified atom stereocenters. The number of aryl methyl sites for hydroxylation is 4. The summed E-state index contributed by atoms with van der Waals surface area (Å²) in [7, 11) is 0. The largest absolute Gasteiger partial charge is 0.396 e. The molecule has 6 heteroatoms. The molecule has 84 heavy (non-hydrogen) atoms. The number of ether oxygens (including phenoxy) is 2. The predicted octanol–water partition coefficient (Wildman–Crippen LogP) is 19.1. The van der Waals surface area contributed by atoms with E-state index in [1.165, 1.54) is 55.6 Å². The molecule has 0 saturated heterocycles. The molecule has 0 radical (unpaired) electrons. The zero-order valence-corrected chi connectivity index (χ0v) is 48.3. The second-order valence-electron chi connectivity index (χ2n) is 21.0. The third-order valence-electron chi connectivity index (χ3n) is 15.0. The number of aliphatic hydroxyl groups excluding tert-OH is 2. The fourth-order valence-electron chi connectivity index (χ4n) is 10.2. The van der Waals surface area contributed by atoms with Crippen molar-refractivity contribution in [3.63, 3.8) is 0 Å². The van der Waals surface area contributed by atoms with Crippen molar-refractivity contribution in [3.05, 3.63) is 312 Å². The van der Waals surface area contributed by atoms with E-state index in [2.05, 4.69) is 272 Å². The number of hydrogen-bond donors (Lipinski definition) is 2. The van der Waals surface area contributed by atoms with E-state index < -0.39 is 0 Å². The zero-order chi connectivity index (χ0) is 58.0. The van der Waals surface area contributed by atoms with Crippen molar-refractivity contribution in [2.45, 2.75) is 64.6 Å². The Morgan fingerprint density at radius 1 is 0.286 bits per heavy atom. The highest BCUT2D eigenvalue weighted by atomic mass is 16.5. The van der Waals surface area contributed by atoms with Crippen molar-refractivity contribution in [2.75, 3.05) is 36.2 Å². The summed E-state index contributed by atoms with van der Waals surface area (Å²) in [6.45, 7) is 10.8. The molecule has 2 N–H and O–H groups in total. The molecule has 10 aromatic carbocycles. The molecule has 0 aromatic heterocycles. The molecule has 0 amide bonds. The van der Waals surface area contributed by atoms with Crippen molar-refractivity contribution < 1.29 is 19.7 Å². The summed E-state index contributed by atoms with van der Waals surface area (Å²) in [4.78, 5) is 4.60. The van der Waals surface area contributed by atoms with Gasteiger partial charge >= 0.3 is 0 Å². The van der Waals surface area contributed by atoms with E-state index in [0.717, 1.165) is 110 Å². The van der Waals surface area contributed by atoms with Gasteiger partial charge in [-0.2, -0.15) is 0 Å². The molecule has 6 nitrogen and oxygen atoms in total. The first-order chi connectivity index (χ1) is 41.5. The smallest absolute Gasteiger partial charge is 0.0716 e. The Hall–Kier alpha value is -8.88. The Bertz CT molecular complexity index is 3340. The fourth-order valence-corrected chi connectivity index (χ4v) is 10.2. The SMILES string of the molecule is C=Cc1ccc(COCCCc2ccc(N(c3ccc(CCCOCc4ccc(C=C)cc4)cc3)c3ccc(-c4ccccc4)cc3)cc2)cc1.OCCCc1ccc(N(c2ccc(CCCO)cc2)c2ccc(-c3ccccc3)cc2)cc1. The molecule has 0 atom stereocenters. The van der Waals surface area contributed by atoms with Gasteiger partial charge in [0.05, 0.1) is 13.2 Å². The summed E-state index contributed by atoms with van der Waals surface area (Å²) in [5.74, 6) is 0. The first-order valence-corrected chi connectivity index (χ1v) is 29.5. The molecule has 0 heterocycles. The van der Waals surface area contributed by atoms with Crippen molar-refractivity contribution >= 4 is 46.3 Å². The average Bonchev–Trinajstić information content (AvgIpc) is 3.68. The second kappa shape index (κ2) is 32.1. The fraction of sp³-hybridized carbons (Fsp3) is 0.179. The van der Waals surface area contributed by atoms with Crippen LogP contribution in [0, 0.1) is 0 Å². The first kappa shape index (κ1) is 59.7. The monoisotopic (exact) mass is 1110 g/mol. The molecular formula is C78H78N2O4. The quantitative estimate of drug-likeness (QED) is 0.0477. The first-order valence-electron chi connectivity index (χ1n) is 29.5. The van der Waals surface area contributed by atoms with Crippen LogP contribution in [0.25, 0.3) is 34.4 Å². The maximum Gasteiger partial charge on any atom is 0.0716 e. The molecule has 0 bridgehead atoms. The normalized spacial score (nSPS) is 10.9. The van der Waals surface area contributed by atoms with Gasteiger partial charge in [-0.15, -0.1) is 0 Å². The van der Waals surface area contributed by atoms with Crippen LogP contribution in [0.2, 0.25) is 0 Å². The van der Waals surface area contributed by atoms with E-state index in [0.29, 0.717) is 13.2 Å². The van der Waals surface area contributed by atoms with Crippen molar-refractivity contribution in [1.82, 2.24) is 0 Å². The second-order valence-corrected chi connectivity index (χ2v) is 21.0. The molecule has 0 aliphatic rings. The number of nitrogens with zero attached hydrogens (tertiary/aromatic N) is 2. The van der Waals surface area contributed by atoms with Gasteiger partial charge in [0.2, 0.25) is 0 Å². The van der Waals surface area contributed by atoms with E-state index in [4.69, 9.17) is 19.7 Å². The highest BCUT2D eigenvalue weighted by Gasteiger charge is 2.16. The van der Waals surface area contributed by atoms with Gasteiger partial charge in [-0.3, -0.25) is 0 Å². The summed E-state index contributed by atoms with van der Waals surface area (Å²) in [6.07, 6.45) is 10.9. The lowest BCUT2D eigenvalue weighted by Crippen LogP contribution is -2.10. The molecule has 0 aliphatic heterocycles. The van der Waals surface area contributed by atoms with Crippen LogP contribution in [-0.2, 0) is 48.4 Å². The van der Waals surface area contributed by atoms with Crippen LogP contribution in [0.4, 0.5) is 34.1 Å². The molecule has 0 aliphatic carbocycles. The number of anilines is 6.